The number of ether oxygens (including phenoxy) is 1. The van der Waals surface area contributed by atoms with Crippen LogP contribution in [0.2, 0.25) is 0 Å². The molecule has 1 aliphatic rings. The highest BCUT2D eigenvalue weighted by Crippen LogP contribution is 2.34. The molecular weight excluding hydrogens is 212 g/mol. The number of hydrogen-bond acceptors (Lipinski definition) is 2. The second kappa shape index (κ2) is 8.32. The van der Waals surface area contributed by atoms with Gasteiger partial charge in [0.2, 0.25) is 0 Å². The van der Waals surface area contributed by atoms with Crippen LogP contribution >= 0.6 is 0 Å². The molecule has 0 aromatic heterocycles. The van der Waals surface area contributed by atoms with Crippen LogP contribution in [0.3, 0.4) is 0 Å². The molecule has 0 spiro atoms. The standard InChI is InChI=1S/C15H26O2/c1-3-5-6-7-8-9-10-11-13-12-14(13)15(16)17-4-2/h12,14H,3-11H2,1-2H3/t14-/m1/s1. The Labute approximate surface area is 105 Å². The van der Waals surface area contributed by atoms with Crippen LogP contribution in [0.15, 0.2) is 11.6 Å². The topological polar surface area (TPSA) is 26.3 Å². The number of carbonyl (C=O) groups excluding carboxylic acids is 1. The van der Waals surface area contributed by atoms with Gasteiger partial charge in [-0.1, -0.05) is 57.1 Å². The van der Waals surface area contributed by atoms with Gasteiger partial charge in [-0.15, -0.1) is 0 Å². The predicted octanol–water partition coefficient (Wildman–Crippen LogP) is 4.25. The van der Waals surface area contributed by atoms with Gasteiger partial charge in [-0.05, 0) is 19.8 Å². The molecular formula is C15H26O2. The van der Waals surface area contributed by atoms with Gasteiger partial charge < -0.3 is 4.74 Å². The van der Waals surface area contributed by atoms with E-state index in [-0.39, 0.29) is 11.9 Å². The number of unbranched alkanes of at least 4 members (excludes halogenated alkanes) is 6. The number of carbonyl (C=O) groups is 1. The third kappa shape index (κ3) is 5.90. The fourth-order valence-corrected chi connectivity index (χ4v) is 2.14. The highest BCUT2D eigenvalue weighted by molar-refractivity contribution is 5.83. The predicted molar refractivity (Wildman–Crippen MR) is 70.8 cm³/mol. The van der Waals surface area contributed by atoms with Gasteiger partial charge in [-0.3, -0.25) is 4.79 Å². The number of rotatable bonds is 10. The zero-order valence-corrected chi connectivity index (χ0v) is 11.3. The van der Waals surface area contributed by atoms with E-state index in [1.165, 1.54) is 50.5 Å². The van der Waals surface area contributed by atoms with Crippen molar-refractivity contribution in [3.8, 4) is 0 Å². The lowest BCUT2D eigenvalue weighted by atomic mass is 10.1. The first-order valence-electron chi connectivity index (χ1n) is 7.16. The summed E-state index contributed by atoms with van der Waals surface area (Å²) in [5, 5.41) is 0. The molecule has 0 heterocycles. The van der Waals surface area contributed by atoms with Crippen molar-refractivity contribution in [1.29, 1.82) is 0 Å². The first-order valence-corrected chi connectivity index (χ1v) is 7.16. The zero-order chi connectivity index (χ0) is 12.5. The maximum Gasteiger partial charge on any atom is 0.316 e. The molecule has 0 fully saturated rings. The Balaban J connectivity index is 1.89. The van der Waals surface area contributed by atoms with Crippen LogP contribution in [0.25, 0.3) is 0 Å². The molecule has 2 nitrogen and oxygen atoms in total. The van der Waals surface area contributed by atoms with Crippen LogP contribution in [0.1, 0.15) is 65.2 Å². The maximum atomic E-state index is 11.3. The minimum atomic E-state index is -0.0505. The van der Waals surface area contributed by atoms with Crippen molar-refractivity contribution in [2.24, 2.45) is 5.92 Å². The highest BCUT2D eigenvalue weighted by Gasteiger charge is 2.32. The average Bonchev–Trinajstić information content (AvgIpc) is 3.08. The van der Waals surface area contributed by atoms with Crippen LogP contribution < -0.4 is 0 Å². The fourth-order valence-electron chi connectivity index (χ4n) is 2.14. The van der Waals surface area contributed by atoms with E-state index in [4.69, 9.17) is 4.74 Å². The molecule has 0 aromatic carbocycles. The molecule has 0 aromatic rings. The van der Waals surface area contributed by atoms with Crippen LogP contribution in [0.4, 0.5) is 0 Å². The molecule has 0 unspecified atom stereocenters. The number of hydrogen-bond donors (Lipinski definition) is 0. The summed E-state index contributed by atoms with van der Waals surface area (Å²) in [5.41, 5.74) is 1.30. The Bertz CT molecular complexity index is 256. The Kier molecular flexibility index (Phi) is 6.99. The normalized spacial score (nSPS) is 17.8. The summed E-state index contributed by atoms with van der Waals surface area (Å²) in [6.07, 6.45) is 12.5. The third-order valence-electron chi connectivity index (χ3n) is 3.28. The van der Waals surface area contributed by atoms with Gasteiger partial charge in [0.1, 0.15) is 0 Å². The lowest BCUT2D eigenvalue weighted by Gasteiger charge is -2.02. The molecule has 2 heteroatoms. The monoisotopic (exact) mass is 238 g/mol. The summed E-state index contributed by atoms with van der Waals surface area (Å²) in [6, 6.07) is 0. The minimum Gasteiger partial charge on any atom is -0.465 e. The Morgan fingerprint density at radius 2 is 1.76 bits per heavy atom. The molecule has 98 valence electrons. The van der Waals surface area contributed by atoms with Crippen molar-refractivity contribution in [1.82, 2.24) is 0 Å². The quantitative estimate of drug-likeness (QED) is 0.323. The van der Waals surface area contributed by atoms with Crippen LogP contribution in [0, 0.1) is 5.92 Å². The summed E-state index contributed by atoms with van der Waals surface area (Å²) < 4.78 is 4.98. The van der Waals surface area contributed by atoms with Gasteiger partial charge in [-0.2, -0.15) is 0 Å². The molecule has 0 saturated heterocycles. The molecule has 1 aliphatic carbocycles. The van der Waals surface area contributed by atoms with Gasteiger partial charge >= 0.3 is 5.97 Å². The van der Waals surface area contributed by atoms with E-state index in [1.807, 2.05) is 6.92 Å². The Morgan fingerprint density at radius 3 is 2.41 bits per heavy atom. The molecule has 0 amide bonds. The third-order valence-corrected chi connectivity index (χ3v) is 3.28. The SMILES string of the molecule is CCCCCCCCCC1=C[C@H]1C(=O)OCC. The van der Waals surface area contributed by atoms with E-state index in [1.54, 1.807) is 0 Å². The summed E-state index contributed by atoms with van der Waals surface area (Å²) in [7, 11) is 0. The molecule has 1 rings (SSSR count). The molecule has 0 N–H and O–H groups in total. The summed E-state index contributed by atoms with van der Waals surface area (Å²) in [6.45, 7) is 4.60. The summed E-state index contributed by atoms with van der Waals surface area (Å²) in [4.78, 5) is 11.3. The molecule has 1 atom stereocenters. The minimum absolute atomic E-state index is 0.0371. The van der Waals surface area contributed by atoms with E-state index in [2.05, 4.69) is 13.0 Å². The van der Waals surface area contributed by atoms with E-state index < -0.39 is 0 Å². The van der Waals surface area contributed by atoms with Crippen molar-refractivity contribution >= 4 is 5.97 Å². The summed E-state index contributed by atoms with van der Waals surface area (Å²) in [5.74, 6) is -0.0134. The van der Waals surface area contributed by atoms with E-state index in [9.17, 15) is 4.79 Å². The lowest BCUT2D eigenvalue weighted by Crippen LogP contribution is -2.08. The molecule has 0 radical (unpaired) electrons. The van der Waals surface area contributed by atoms with Crippen molar-refractivity contribution in [2.45, 2.75) is 65.2 Å². The van der Waals surface area contributed by atoms with Crippen LogP contribution in [0.5, 0.6) is 0 Å². The first-order chi connectivity index (χ1) is 8.29. The second-order valence-corrected chi connectivity index (χ2v) is 4.84. The first kappa shape index (κ1) is 14.3. The van der Waals surface area contributed by atoms with Gasteiger partial charge in [0.15, 0.2) is 0 Å². The fraction of sp³-hybridized carbons (Fsp3) is 0.800. The summed E-state index contributed by atoms with van der Waals surface area (Å²) >= 11 is 0. The molecule has 0 saturated carbocycles. The Morgan fingerprint density at radius 1 is 1.12 bits per heavy atom. The van der Waals surface area contributed by atoms with Crippen molar-refractivity contribution < 1.29 is 9.53 Å². The van der Waals surface area contributed by atoms with E-state index >= 15 is 0 Å². The molecule has 0 bridgehead atoms. The second-order valence-electron chi connectivity index (χ2n) is 4.84. The number of esters is 1. The highest BCUT2D eigenvalue weighted by atomic mass is 16.5. The lowest BCUT2D eigenvalue weighted by molar-refractivity contribution is -0.144. The van der Waals surface area contributed by atoms with Gasteiger partial charge in [0, 0.05) is 0 Å². The zero-order valence-electron chi connectivity index (χ0n) is 11.3. The Hall–Kier alpha value is -0.790. The van der Waals surface area contributed by atoms with Gasteiger partial charge in [0.25, 0.3) is 0 Å². The molecule has 0 aliphatic heterocycles. The largest absolute Gasteiger partial charge is 0.465 e. The average molecular weight is 238 g/mol. The van der Waals surface area contributed by atoms with E-state index in [0.29, 0.717) is 6.61 Å². The van der Waals surface area contributed by atoms with Gasteiger partial charge in [-0.25, -0.2) is 0 Å². The molecule has 17 heavy (non-hydrogen) atoms. The smallest absolute Gasteiger partial charge is 0.316 e. The van der Waals surface area contributed by atoms with E-state index in [0.717, 1.165) is 6.42 Å². The van der Waals surface area contributed by atoms with Crippen LogP contribution in [-0.2, 0) is 9.53 Å². The van der Waals surface area contributed by atoms with Crippen molar-refractivity contribution in [3.63, 3.8) is 0 Å². The van der Waals surface area contributed by atoms with Crippen LogP contribution in [-0.4, -0.2) is 12.6 Å². The maximum absolute atomic E-state index is 11.3. The van der Waals surface area contributed by atoms with Crippen molar-refractivity contribution in [3.05, 3.63) is 11.6 Å². The van der Waals surface area contributed by atoms with Gasteiger partial charge in [0.05, 0.1) is 12.5 Å². The van der Waals surface area contributed by atoms with Crippen molar-refractivity contribution in [2.75, 3.05) is 6.61 Å².